The predicted octanol–water partition coefficient (Wildman–Crippen LogP) is 0.855. The summed E-state index contributed by atoms with van der Waals surface area (Å²) >= 11 is 0. The number of aromatic nitrogens is 2. The number of nitrogens with two attached hydrogens (primary N) is 1. The van der Waals surface area contributed by atoms with Crippen molar-refractivity contribution in [3.05, 3.63) is 12.1 Å². The summed E-state index contributed by atoms with van der Waals surface area (Å²) in [6.07, 6.45) is 2.91. The Morgan fingerprint density at radius 3 is 2.52 bits per heavy atom. The van der Waals surface area contributed by atoms with Gasteiger partial charge in [0.1, 0.15) is 11.9 Å². The number of nitrogen functional groups attached to an aromatic ring is 1. The fourth-order valence-corrected chi connectivity index (χ4v) is 3.16. The molecule has 13 heteroatoms. The van der Waals surface area contributed by atoms with Gasteiger partial charge in [0.25, 0.3) is 10.1 Å². The Bertz CT molecular complexity index is 1050. The molecule has 1 aliphatic heterocycles. The van der Waals surface area contributed by atoms with Gasteiger partial charge in [-0.15, -0.1) is 0 Å². The van der Waals surface area contributed by atoms with Gasteiger partial charge >= 0.3 is 0 Å². The minimum absolute atomic E-state index is 0.0348. The molecule has 1 saturated heterocycles. The lowest BCUT2D eigenvalue weighted by Crippen LogP contribution is -2.36. The van der Waals surface area contributed by atoms with Crippen LogP contribution in [-0.2, 0) is 19.6 Å². The van der Waals surface area contributed by atoms with Crippen LogP contribution in [0.25, 0.3) is 10.9 Å². The van der Waals surface area contributed by atoms with E-state index in [2.05, 4.69) is 15.3 Å². The number of carbonyl (C=O) groups excluding carboxylic acids is 1. The molecule has 1 amide bonds. The van der Waals surface area contributed by atoms with Crippen LogP contribution in [-0.4, -0.2) is 82.2 Å². The number of rotatable bonds is 8. The number of carbonyl (C=O) groups is 1. The Morgan fingerprint density at radius 2 is 1.94 bits per heavy atom. The highest BCUT2D eigenvalue weighted by atomic mass is 32.2. The average molecular weight is 486 g/mol. The van der Waals surface area contributed by atoms with E-state index in [1.807, 2.05) is 11.9 Å². The van der Waals surface area contributed by atoms with Gasteiger partial charge < -0.3 is 30.2 Å². The van der Waals surface area contributed by atoms with Crippen molar-refractivity contribution in [3.8, 4) is 11.5 Å². The lowest BCUT2D eigenvalue weighted by atomic mass is 10.2. The highest BCUT2D eigenvalue weighted by molar-refractivity contribution is 7.85. The Balaban J connectivity index is 0.000000696. The molecule has 1 atom stereocenters. The van der Waals surface area contributed by atoms with E-state index in [9.17, 15) is 13.2 Å². The first-order valence-electron chi connectivity index (χ1n) is 10.3. The third-order valence-electron chi connectivity index (χ3n) is 4.75. The van der Waals surface area contributed by atoms with Gasteiger partial charge in [0.15, 0.2) is 11.5 Å². The summed E-state index contributed by atoms with van der Waals surface area (Å²) in [5, 5.41) is 3.62. The van der Waals surface area contributed by atoms with Gasteiger partial charge in [-0.3, -0.25) is 9.35 Å². The predicted molar refractivity (Wildman–Crippen MR) is 124 cm³/mol. The van der Waals surface area contributed by atoms with Crippen LogP contribution in [0, 0.1) is 0 Å². The number of benzene rings is 1. The maximum atomic E-state index is 12.0. The van der Waals surface area contributed by atoms with Gasteiger partial charge in [-0.05, 0) is 25.3 Å². The topological polar surface area (TPSA) is 166 Å². The summed E-state index contributed by atoms with van der Waals surface area (Å²) in [4.78, 5) is 22.8. The number of anilines is 2. The van der Waals surface area contributed by atoms with Gasteiger partial charge in [0, 0.05) is 38.2 Å². The number of hydrogen-bond donors (Lipinski definition) is 3. The minimum Gasteiger partial charge on any atom is -0.493 e. The number of nitrogens with one attached hydrogen (secondary N) is 1. The normalized spacial score (nSPS) is 15.5. The van der Waals surface area contributed by atoms with Crippen molar-refractivity contribution in [2.75, 3.05) is 57.9 Å². The van der Waals surface area contributed by atoms with Crippen LogP contribution in [0.15, 0.2) is 12.1 Å². The van der Waals surface area contributed by atoms with E-state index in [1.165, 1.54) is 0 Å². The maximum Gasteiger partial charge on any atom is 0.261 e. The van der Waals surface area contributed by atoms with E-state index in [0.29, 0.717) is 60.1 Å². The molecular formula is C20H31N5O7S. The van der Waals surface area contributed by atoms with Crippen molar-refractivity contribution < 1.29 is 32.0 Å². The van der Waals surface area contributed by atoms with Crippen LogP contribution in [0.1, 0.15) is 19.3 Å². The van der Waals surface area contributed by atoms with Crippen LogP contribution >= 0.6 is 0 Å². The molecule has 1 aliphatic rings. The third kappa shape index (κ3) is 8.18. The quantitative estimate of drug-likeness (QED) is 0.358. The summed E-state index contributed by atoms with van der Waals surface area (Å²) in [5.74, 6) is 2.02. The zero-order chi connectivity index (χ0) is 24.6. The molecule has 2 heterocycles. The van der Waals surface area contributed by atoms with Crippen LogP contribution in [0.4, 0.5) is 11.8 Å². The first kappa shape index (κ1) is 26.4. The average Bonchev–Trinajstić information content (AvgIpc) is 3.29. The lowest BCUT2D eigenvalue weighted by molar-refractivity contribution is -0.130. The summed E-state index contributed by atoms with van der Waals surface area (Å²) in [6.45, 7) is 1.90. The van der Waals surface area contributed by atoms with Crippen molar-refractivity contribution in [3.63, 3.8) is 0 Å². The number of methoxy groups -OCH3 is 2. The van der Waals surface area contributed by atoms with Crippen LogP contribution in [0.5, 0.6) is 11.5 Å². The third-order valence-corrected chi connectivity index (χ3v) is 4.75. The molecular weight excluding hydrogens is 454 g/mol. The van der Waals surface area contributed by atoms with Gasteiger partial charge in [-0.25, -0.2) is 4.98 Å². The van der Waals surface area contributed by atoms with Gasteiger partial charge in [-0.2, -0.15) is 13.4 Å². The molecule has 33 heavy (non-hydrogen) atoms. The Hall–Kier alpha value is -2.90. The van der Waals surface area contributed by atoms with E-state index in [0.717, 1.165) is 19.3 Å². The van der Waals surface area contributed by atoms with E-state index in [4.69, 9.17) is 24.5 Å². The monoisotopic (exact) mass is 485 g/mol. The molecule has 0 radical (unpaired) electrons. The van der Waals surface area contributed by atoms with E-state index in [-0.39, 0.29) is 12.0 Å². The van der Waals surface area contributed by atoms with Crippen LogP contribution in [0.2, 0.25) is 0 Å². The van der Waals surface area contributed by atoms with Crippen LogP contribution in [0.3, 0.4) is 0 Å². The Kier molecular flexibility index (Phi) is 9.44. The summed E-state index contributed by atoms with van der Waals surface area (Å²) in [6, 6.07) is 3.55. The molecule has 1 aromatic heterocycles. The molecule has 0 aliphatic carbocycles. The second kappa shape index (κ2) is 11.8. The maximum absolute atomic E-state index is 12.0. The van der Waals surface area contributed by atoms with Crippen molar-refractivity contribution in [1.29, 1.82) is 0 Å². The molecule has 1 fully saturated rings. The number of fused-ring (bicyclic) bond motifs is 1. The van der Waals surface area contributed by atoms with Crippen molar-refractivity contribution in [1.82, 2.24) is 15.3 Å². The zero-order valence-electron chi connectivity index (χ0n) is 19.2. The summed E-state index contributed by atoms with van der Waals surface area (Å²) < 4.78 is 41.9. The SMILES string of the molecule is COc1cc2nc(N(C)CCCNC(=O)C3CCCO3)nc(N)c2cc1OC.CS(=O)(=O)O. The molecule has 1 unspecified atom stereocenters. The molecule has 0 spiro atoms. The zero-order valence-corrected chi connectivity index (χ0v) is 20.0. The number of amides is 1. The fourth-order valence-electron chi connectivity index (χ4n) is 3.16. The summed E-state index contributed by atoms with van der Waals surface area (Å²) in [5.41, 5.74) is 6.81. The smallest absolute Gasteiger partial charge is 0.261 e. The molecule has 4 N–H and O–H groups in total. The highest BCUT2D eigenvalue weighted by Crippen LogP contribution is 2.33. The van der Waals surface area contributed by atoms with Gasteiger partial charge in [0.2, 0.25) is 11.9 Å². The number of nitrogens with zero attached hydrogens (tertiary/aromatic N) is 3. The largest absolute Gasteiger partial charge is 0.493 e. The molecule has 2 aromatic rings. The van der Waals surface area contributed by atoms with Crippen molar-refractivity contribution >= 4 is 38.7 Å². The highest BCUT2D eigenvalue weighted by Gasteiger charge is 2.22. The van der Waals surface area contributed by atoms with Crippen molar-refractivity contribution in [2.24, 2.45) is 0 Å². The molecule has 0 bridgehead atoms. The van der Waals surface area contributed by atoms with Crippen molar-refractivity contribution in [2.45, 2.75) is 25.4 Å². The fraction of sp³-hybridized carbons (Fsp3) is 0.550. The minimum atomic E-state index is -3.67. The second-order valence-corrected chi connectivity index (χ2v) is 8.90. The second-order valence-electron chi connectivity index (χ2n) is 7.43. The molecule has 0 saturated carbocycles. The Labute approximate surface area is 193 Å². The van der Waals surface area contributed by atoms with E-state index in [1.54, 1.807) is 26.4 Å². The molecule has 3 rings (SSSR count). The standard InChI is InChI=1S/C19H27N5O4.CH4O3S/c1-24(8-5-7-21-18(25)14-6-4-9-28-14)19-22-13-11-16(27-3)15(26-2)10-12(13)17(20)23-19;1-5(2,3)4/h10-11,14H,4-9H2,1-3H3,(H,21,25)(H2,20,22,23);1H3,(H,2,3,4). The number of hydrogen-bond acceptors (Lipinski definition) is 10. The molecule has 1 aromatic carbocycles. The molecule has 12 nitrogen and oxygen atoms in total. The van der Waals surface area contributed by atoms with Crippen LogP contribution < -0.4 is 25.4 Å². The summed E-state index contributed by atoms with van der Waals surface area (Å²) in [7, 11) is 1.37. The van der Waals surface area contributed by atoms with E-state index < -0.39 is 10.1 Å². The number of ether oxygens (including phenoxy) is 3. The van der Waals surface area contributed by atoms with Gasteiger partial charge in [-0.1, -0.05) is 0 Å². The lowest BCUT2D eigenvalue weighted by Gasteiger charge is -2.19. The van der Waals surface area contributed by atoms with Gasteiger partial charge in [0.05, 0.1) is 26.0 Å². The first-order chi connectivity index (χ1) is 15.5. The Morgan fingerprint density at radius 1 is 1.30 bits per heavy atom. The first-order valence-corrected chi connectivity index (χ1v) is 12.1. The van der Waals surface area contributed by atoms with E-state index >= 15 is 0 Å². The molecule has 184 valence electrons.